The summed E-state index contributed by atoms with van der Waals surface area (Å²) in [5.41, 5.74) is 6.14. The summed E-state index contributed by atoms with van der Waals surface area (Å²) in [6, 6.07) is 13.9. The summed E-state index contributed by atoms with van der Waals surface area (Å²) in [6.07, 6.45) is 1.54. The van der Waals surface area contributed by atoms with Crippen molar-refractivity contribution in [2.75, 3.05) is 12.0 Å². The van der Waals surface area contributed by atoms with Crippen molar-refractivity contribution in [3.63, 3.8) is 0 Å². The highest BCUT2D eigenvalue weighted by Crippen LogP contribution is 2.27. The monoisotopic (exact) mass is 350 g/mol. The average Bonchev–Trinajstić information content (AvgIpc) is 2.62. The van der Waals surface area contributed by atoms with E-state index in [2.05, 4.69) is 15.5 Å². The number of hydrogen-bond acceptors (Lipinski definition) is 6. The molecule has 0 unspecified atom stereocenters. The lowest BCUT2D eigenvalue weighted by molar-refractivity contribution is -0.384. The van der Waals surface area contributed by atoms with Gasteiger partial charge in [0, 0.05) is 28.8 Å². The van der Waals surface area contributed by atoms with Crippen LogP contribution in [0.1, 0.15) is 18.2 Å². The van der Waals surface area contributed by atoms with Gasteiger partial charge >= 0.3 is 0 Å². The third-order valence-electron chi connectivity index (χ3n) is 3.70. The van der Waals surface area contributed by atoms with Crippen molar-refractivity contribution in [2.24, 2.45) is 5.10 Å². The van der Waals surface area contributed by atoms with E-state index in [0.29, 0.717) is 12.2 Å². The first-order valence-electron chi connectivity index (χ1n) is 8.14. The molecule has 26 heavy (non-hydrogen) atoms. The molecule has 0 fully saturated rings. The Kier molecular flexibility index (Phi) is 5.07. The number of aromatic nitrogens is 1. The average molecular weight is 350 g/mol. The lowest BCUT2D eigenvalue weighted by Gasteiger charge is -2.09. The summed E-state index contributed by atoms with van der Waals surface area (Å²) >= 11 is 0. The van der Waals surface area contributed by atoms with Gasteiger partial charge in [0.25, 0.3) is 5.69 Å². The number of fused-ring (bicyclic) bond motifs is 1. The summed E-state index contributed by atoms with van der Waals surface area (Å²) < 4.78 is 5.55. The zero-order valence-corrected chi connectivity index (χ0v) is 14.5. The van der Waals surface area contributed by atoms with Crippen molar-refractivity contribution in [1.29, 1.82) is 0 Å². The lowest BCUT2D eigenvalue weighted by Crippen LogP contribution is -1.97. The maximum atomic E-state index is 10.8. The number of hydrazone groups is 1. The molecule has 2 aromatic carbocycles. The minimum absolute atomic E-state index is 0.0283. The second-order valence-corrected chi connectivity index (χ2v) is 5.65. The Labute approximate surface area is 150 Å². The molecule has 0 saturated carbocycles. The number of pyridine rings is 1. The van der Waals surface area contributed by atoms with Crippen molar-refractivity contribution in [1.82, 2.24) is 4.98 Å². The Morgan fingerprint density at radius 2 is 2.12 bits per heavy atom. The van der Waals surface area contributed by atoms with Gasteiger partial charge in [0.15, 0.2) is 0 Å². The van der Waals surface area contributed by atoms with Crippen LogP contribution >= 0.6 is 0 Å². The fraction of sp³-hybridized carbons (Fsp3) is 0.158. The molecule has 0 saturated heterocycles. The predicted octanol–water partition coefficient (Wildman–Crippen LogP) is 4.30. The van der Waals surface area contributed by atoms with Gasteiger partial charge in [-0.3, -0.25) is 20.5 Å². The number of nitrogens with one attached hydrogen (secondary N) is 1. The van der Waals surface area contributed by atoms with Crippen LogP contribution in [0.2, 0.25) is 0 Å². The minimum Gasteiger partial charge on any atom is -0.494 e. The van der Waals surface area contributed by atoms with Crippen LogP contribution < -0.4 is 10.2 Å². The number of nitro benzene ring substituents is 1. The quantitative estimate of drug-likeness (QED) is 0.407. The number of ether oxygens (including phenoxy) is 1. The second-order valence-electron chi connectivity index (χ2n) is 5.65. The second kappa shape index (κ2) is 7.60. The van der Waals surface area contributed by atoms with Gasteiger partial charge in [0.05, 0.1) is 28.9 Å². The third-order valence-corrected chi connectivity index (χ3v) is 3.70. The highest BCUT2D eigenvalue weighted by atomic mass is 16.6. The van der Waals surface area contributed by atoms with Crippen molar-refractivity contribution >= 4 is 28.5 Å². The topological polar surface area (TPSA) is 89.7 Å². The summed E-state index contributed by atoms with van der Waals surface area (Å²) in [7, 11) is 0. The molecule has 0 amide bonds. The molecule has 0 atom stereocenters. The number of nitrogens with zero attached hydrogens (tertiary/aromatic N) is 3. The number of anilines is 1. The van der Waals surface area contributed by atoms with E-state index in [0.717, 1.165) is 28.0 Å². The molecule has 0 radical (unpaired) electrons. The van der Waals surface area contributed by atoms with Crippen molar-refractivity contribution < 1.29 is 9.66 Å². The van der Waals surface area contributed by atoms with Gasteiger partial charge in [0.2, 0.25) is 0 Å². The predicted molar refractivity (Wildman–Crippen MR) is 102 cm³/mol. The van der Waals surface area contributed by atoms with Gasteiger partial charge < -0.3 is 4.74 Å². The molecule has 1 heterocycles. The van der Waals surface area contributed by atoms with E-state index in [-0.39, 0.29) is 5.69 Å². The van der Waals surface area contributed by atoms with Crippen LogP contribution in [-0.4, -0.2) is 22.7 Å². The molecule has 0 aliphatic heterocycles. The van der Waals surface area contributed by atoms with E-state index in [1.807, 2.05) is 38.1 Å². The van der Waals surface area contributed by atoms with E-state index in [1.54, 1.807) is 18.3 Å². The molecule has 7 nitrogen and oxygen atoms in total. The van der Waals surface area contributed by atoms with Crippen molar-refractivity contribution in [3.8, 4) is 5.75 Å². The molecule has 3 aromatic rings. The Balaban J connectivity index is 1.89. The zero-order valence-electron chi connectivity index (χ0n) is 14.5. The molecule has 7 heteroatoms. The maximum Gasteiger partial charge on any atom is 0.270 e. The molecular weight excluding hydrogens is 332 g/mol. The van der Waals surface area contributed by atoms with Crippen LogP contribution in [0.4, 0.5) is 11.4 Å². The Hall–Kier alpha value is -3.48. The van der Waals surface area contributed by atoms with Gasteiger partial charge in [-0.2, -0.15) is 5.10 Å². The number of aryl methyl sites for hydroxylation is 1. The van der Waals surface area contributed by atoms with Gasteiger partial charge in [-0.1, -0.05) is 12.1 Å². The number of nitro groups is 1. The van der Waals surface area contributed by atoms with Gasteiger partial charge in [-0.05, 0) is 38.1 Å². The number of rotatable bonds is 6. The maximum absolute atomic E-state index is 10.8. The fourth-order valence-electron chi connectivity index (χ4n) is 2.58. The fourth-order valence-corrected chi connectivity index (χ4v) is 2.58. The minimum atomic E-state index is -0.431. The van der Waals surface area contributed by atoms with E-state index in [4.69, 9.17) is 4.74 Å². The summed E-state index contributed by atoms with van der Waals surface area (Å²) in [5, 5.41) is 15.9. The van der Waals surface area contributed by atoms with Gasteiger partial charge in [-0.15, -0.1) is 0 Å². The molecular formula is C19H18N4O3. The third kappa shape index (κ3) is 3.94. The van der Waals surface area contributed by atoms with Crippen molar-refractivity contribution in [2.45, 2.75) is 13.8 Å². The molecule has 1 N–H and O–H groups in total. The van der Waals surface area contributed by atoms with Crippen LogP contribution in [0.3, 0.4) is 0 Å². The smallest absolute Gasteiger partial charge is 0.270 e. The molecule has 132 valence electrons. The summed E-state index contributed by atoms with van der Waals surface area (Å²) in [6.45, 7) is 4.42. The van der Waals surface area contributed by atoms with Crippen LogP contribution in [0.15, 0.2) is 53.6 Å². The Bertz CT molecular complexity index is 986. The van der Waals surface area contributed by atoms with E-state index >= 15 is 0 Å². The first-order valence-corrected chi connectivity index (χ1v) is 8.14. The number of benzene rings is 2. The lowest BCUT2D eigenvalue weighted by atomic mass is 10.1. The largest absolute Gasteiger partial charge is 0.494 e. The number of non-ortho nitro benzene ring substituents is 1. The van der Waals surface area contributed by atoms with Crippen LogP contribution in [0, 0.1) is 17.0 Å². The highest BCUT2D eigenvalue weighted by Gasteiger charge is 2.06. The Morgan fingerprint density at radius 3 is 2.88 bits per heavy atom. The molecule has 0 aliphatic carbocycles. The zero-order chi connectivity index (χ0) is 18.5. The SMILES string of the molecule is CCOc1ccc2nc(C)cc(N/N=C/c3cccc([N+](=O)[O-])c3)c2c1. The molecule has 0 spiro atoms. The molecule has 1 aromatic heterocycles. The summed E-state index contributed by atoms with van der Waals surface area (Å²) in [5.74, 6) is 0.761. The molecule has 0 aliphatic rings. The first-order chi connectivity index (χ1) is 12.6. The van der Waals surface area contributed by atoms with Crippen molar-refractivity contribution in [3.05, 3.63) is 69.9 Å². The molecule has 3 rings (SSSR count). The van der Waals surface area contributed by atoms with Gasteiger partial charge in [-0.25, -0.2) is 0 Å². The highest BCUT2D eigenvalue weighted by molar-refractivity contribution is 5.93. The first kappa shape index (κ1) is 17.3. The Morgan fingerprint density at radius 1 is 1.27 bits per heavy atom. The standard InChI is InChI=1S/C19H18N4O3/c1-3-26-16-7-8-18-17(11-16)19(9-13(2)21-18)22-20-12-14-5-4-6-15(10-14)23(24)25/h4-12H,3H2,1-2H3,(H,21,22)/b20-12+. The van der Waals surface area contributed by atoms with Crippen LogP contribution in [0.25, 0.3) is 10.9 Å². The number of hydrogen-bond donors (Lipinski definition) is 1. The summed E-state index contributed by atoms with van der Waals surface area (Å²) in [4.78, 5) is 14.9. The van der Waals surface area contributed by atoms with Crippen LogP contribution in [0.5, 0.6) is 5.75 Å². The van der Waals surface area contributed by atoms with Crippen LogP contribution in [-0.2, 0) is 0 Å². The van der Waals surface area contributed by atoms with E-state index in [9.17, 15) is 10.1 Å². The van der Waals surface area contributed by atoms with E-state index in [1.165, 1.54) is 12.1 Å². The van der Waals surface area contributed by atoms with Gasteiger partial charge in [0.1, 0.15) is 5.75 Å². The van der Waals surface area contributed by atoms with E-state index < -0.39 is 4.92 Å². The molecule has 0 bridgehead atoms. The normalized spacial score (nSPS) is 11.0.